The molecular formula is C12H18N2O2. The van der Waals surface area contributed by atoms with Crippen molar-refractivity contribution in [2.24, 2.45) is 0 Å². The minimum atomic E-state index is -0.0529. The van der Waals surface area contributed by atoms with E-state index in [1.54, 1.807) is 6.07 Å². The summed E-state index contributed by atoms with van der Waals surface area (Å²) in [6.07, 6.45) is 1.13. The molecule has 0 radical (unpaired) electrons. The van der Waals surface area contributed by atoms with Crippen molar-refractivity contribution in [2.75, 3.05) is 20.1 Å². The van der Waals surface area contributed by atoms with Gasteiger partial charge in [-0.1, -0.05) is 12.1 Å². The summed E-state index contributed by atoms with van der Waals surface area (Å²) in [5.74, 6) is -0.0656. The summed E-state index contributed by atoms with van der Waals surface area (Å²) in [7, 11) is 2.10. The van der Waals surface area contributed by atoms with Gasteiger partial charge in [0.15, 0.2) is 11.5 Å². The summed E-state index contributed by atoms with van der Waals surface area (Å²) in [4.78, 5) is 2.28. The predicted octanol–water partition coefficient (Wildman–Crippen LogP) is 0.891. The van der Waals surface area contributed by atoms with Crippen molar-refractivity contribution in [1.29, 1.82) is 0 Å². The summed E-state index contributed by atoms with van der Waals surface area (Å²) in [5.41, 5.74) is 0.745. The lowest BCUT2D eigenvalue weighted by molar-refractivity contribution is 0.388. The van der Waals surface area contributed by atoms with Gasteiger partial charge in [-0.15, -0.1) is 0 Å². The second kappa shape index (κ2) is 4.72. The van der Waals surface area contributed by atoms with E-state index in [4.69, 9.17) is 0 Å². The lowest BCUT2D eigenvalue weighted by atomic mass is 10.1. The minimum absolute atomic E-state index is 0.0126. The van der Waals surface area contributed by atoms with E-state index in [0.29, 0.717) is 12.6 Å². The van der Waals surface area contributed by atoms with Gasteiger partial charge in [0, 0.05) is 24.7 Å². The third-order valence-corrected chi connectivity index (χ3v) is 3.07. The van der Waals surface area contributed by atoms with E-state index in [2.05, 4.69) is 17.3 Å². The highest BCUT2D eigenvalue weighted by Crippen LogP contribution is 2.28. The van der Waals surface area contributed by atoms with E-state index in [1.165, 1.54) is 6.07 Å². The number of nitrogens with one attached hydrogen (secondary N) is 1. The number of rotatable bonds is 3. The average molecular weight is 222 g/mol. The van der Waals surface area contributed by atoms with Gasteiger partial charge in [-0.05, 0) is 26.1 Å². The van der Waals surface area contributed by atoms with Crippen LogP contribution < -0.4 is 5.32 Å². The van der Waals surface area contributed by atoms with Crippen LogP contribution in [0.4, 0.5) is 0 Å². The monoisotopic (exact) mass is 222 g/mol. The van der Waals surface area contributed by atoms with Gasteiger partial charge in [0.2, 0.25) is 0 Å². The molecule has 1 heterocycles. The average Bonchev–Trinajstić information content (AvgIpc) is 2.67. The molecule has 0 spiro atoms. The summed E-state index contributed by atoms with van der Waals surface area (Å²) < 4.78 is 0. The number of para-hydroxylation sites is 1. The molecule has 1 fully saturated rings. The van der Waals surface area contributed by atoms with Crippen LogP contribution in [0.2, 0.25) is 0 Å². The van der Waals surface area contributed by atoms with Crippen LogP contribution in [0.15, 0.2) is 18.2 Å². The number of likely N-dealkylation sites (N-methyl/N-ethyl adjacent to an activating group) is 1. The zero-order valence-corrected chi connectivity index (χ0v) is 9.48. The minimum Gasteiger partial charge on any atom is -0.504 e. The van der Waals surface area contributed by atoms with Gasteiger partial charge < -0.3 is 20.4 Å². The summed E-state index contributed by atoms with van der Waals surface area (Å²) in [5, 5.41) is 22.4. The lowest BCUT2D eigenvalue weighted by Crippen LogP contribution is -2.30. The van der Waals surface area contributed by atoms with Crippen molar-refractivity contribution in [3.63, 3.8) is 0 Å². The highest BCUT2D eigenvalue weighted by Gasteiger charge is 2.19. The van der Waals surface area contributed by atoms with E-state index in [9.17, 15) is 10.2 Å². The first-order valence-electron chi connectivity index (χ1n) is 5.58. The second-order valence-electron chi connectivity index (χ2n) is 4.41. The molecule has 4 nitrogen and oxygen atoms in total. The van der Waals surface area contributed by atoms with E-state index >= 15 is 0 Å². The largest absolute Gasteiger partial charge is 0.504 e. The molecule has 2 rings (SSSR count). The maximum Gasteiger partial charge on any atom is 0.161 e. The van der Waals surface area contributed by atoms with Gasteiger partial charge in [-0.25, -0.2) is 0 Å². The fourth-order valence-corrected chi connectivity index (χ4v) is 2.08. The number of hydrogen-bond donors (Lipinski definition) is 3. The Labute approximate surface area is 95.5 Å². The number of phenols is 2. The van der Waals surface area contributed by atoms with E-state index in [-0.39, 0.29) is 11.5 Å². The molecule has 0 amide bonds. The Morgan fingerprint density at radius 1 is 1.44 bits per heavy atom. The first kappa shape index (κ1) is 11.2. The molecule has 1 aromatic rings. The fourth-order valence-electron chi connectivity index (χ4n) is 2.08. The Bertz CT molecular complexity index is 368. The number of likely N-dealkylation sites (tertiary alicyclic amines) is 1. The van der Waals surface area contributed by atoms with E-state index in [1.807, 2.05) is 6.07 Å². The molecule has 1 aliphatic rings. The highest BCUT2D eigenvalue weighted by molar-refractivity contribution is 5.44. The number of hydrogen-bond acceptors (Lipinski definition) is 4. The molecule has 0 bridgehead atoms. The van der Waals surface area contributed by atoms with Gasteiger partial charge in [-0.3, -0.25) is 0 Å². The van der Waals surface area contributed by atoms with Crippen molar-refractivity contribution in [1.82, 2.24) is 10.2 Å². The Morgan fingerprint density at radius 2 is 2.25 bits per heavy atom. The molecule has 1 aromatic carbocycles. The van der Waals surface area contributed by atoms with E-state index < -0.39 is 0 Å². The number of nitrogens with zero attached hydrogens (tertiary/aromatic N) is 1. The van der Waals surface area contributed by atoms with Gasteiger partial charge in [0.1, 0.15) is 0 Å². The van der Waals surface area contributed by atoms with Crippen LogP contribution in [0.5, 0.6) is 11.5 Å². The van der Waals surface area contributed by atoms with Crippen molar-refractivity contribution in [2.45, 2.75) is 19.0 Å². The molecule has 88 valence electrons. The smallest absolute Gasteiger partial charge is 0.161 e. The number of aromatic hydroxyl groups is 2. The van der Waals surface area contributed by atoms with E-state index in [0.717, 1.165) is 25.1 Å². The van der Waals surface area contributed by atoms with Crippen LogP contribution in [0, 0.1) is 0 Å². The summed E-state index contributed by atoms with van der Waals surface area (Å²) in [6, 6.07) is 5.53. The Balaban J connectivity index is 1.92. The van der Waals surface area contributed by atoms with Gasteiger partial charge in [-0.2, -0.15) is 0 Å². The fraction of sp³-hybridized carbons (Fsp3) is 0.500. The van der Waals surface area contributed by atoms with Gasteiger partial charge in [0.25, 0.3) is 0 Å². The molecular weight excluding hydrogens is 204 g/mol. The highest BCUT2D eigenvalue weighted by atomic mass is 16.3. The number of benzene rings is 1. The Kier molecular flexibility index (Phi) is 3.31. The Morgan fingerprint density at radius 3 is 2.94 bits per heavy atom. The second-order valence-corrected chi connectivity index (χ2v) is 4.41. The lowest BCUT2D eigenvalue weighted by Gasteiger charge is -2.13. The Hall–Kier alpha value is -1.26. The summed E-state index contributed by atoms with van der Waals surface area (Å²) >= 11 is 0. The first-order valence-corrected chi connectivity index (χ1v) is 5.58. The first-order chi connectivity index (χ1) is 7.66. The maximum atomic E-state index is 9.62. The van der Waals surface area contributed by atoms with Crippen LogP contribution >= 0.6 is 0 Å². The normalized spacial score (nSPS) is 21.4. The topological polar surface area (TPSA) is 55.7 Å². The van der Waals surface area contributed by atoms with Crippen molar-refractivity contribution in [3.8, 4) is 11.5 Å². The third-order valence-electron chi connectivity index (χ3n) is 3.07. The zero-order chi connectivity index (χ0) is 11.5. The molecule has 0 saturated carbocycles. The van der Waals surface area contributed by atoms with Crippen LogP contribution in [0.1, 0.15) is 12.0 Å². The SMILES string of the molecule is CN1CCC(NCc2cccc(O)c2O)C1. The molecule has 4 heteroatoms. The van der Waals surface area contributed by atoms with Crippen molar-refractivity contribution < 1.29 is 10.2 Å². The maximum absolute atomic E-state index is 9.62. The van der Waals surface area contributed by atoms with Gasteiger partial charge in [0.05, 0.1) is 0 Å². The molecule has 1 unspecified atom stereocenters. The molecule has 1 atom stereocenters. The summed E-state index contributed by atoms with van der Waals surface area (Å²) in [6.45, 7) is 2.75. The van der Waals surface area contributed by atoms with Crippen LogP contribution in [0.25, 0.3) is 0 Å². The molecule has 16 heavy (non-hydrogen) atoms. The zero-order valence-electron chi connectivity index (χ0n) is 9.48. The third kappa shape index (κ3) is 2.46. The van der Waals surface area contributed by atoms with Crippen LogP contribution in [0.3, 0.4) is 0 Å². The van der Waals surface area contributed by atoms with Gasteiger partial charge >= 0.3 is 0 Å². The molecule has 0 aliphatic carbocycles. The molecule has 3 N–H and O–H groups in total. The van der Waals surface area contributed by atoms with Crippen LogP contribution in [-0.2, 0) is 6.54 Å². The quantitative estimate of drug-likeness (QED) is 0.665. The number of phenolic OH excluding ortho intramolecular Hbond substituents is 2. The molecule has 0 aromatic heterocycles. The van der Waals surface area contributed by atoms with Crippen molar-refractivity contribution >= 4 is 0 Å². The van der Waals surface area contributed by atoms with Crippen molar-refractivity contribution in [3.05, 3.63) is 23.8 Å². The standard InChI is InChI=1S/C12H18N2O2/c1-14-6-5-10(8-14)13-7-9-3-2-4-11(15)12(9)16/h2-4,10,13,15-16H,5-8H2,1H3. The predicted molar refractivity (Wildman–Crippen MR) is 62.5 cm³/mol. The molecule has 1 aliphatic heterocycles. The molecule has 1 saturated heterocycles. The van der Waals surface area contributed by atoms with Crippen LogP contribution in [-0.4, -0.2) is 41.3 Å².